The summed E-state index contributed by atoms with van der Waals surface area (Å²) in [6, 6.07) is 9.59. The Kier molecular flexibility index (Phi) is 4.65. The molecule has 3 heterocycles. The number of carbonyl (C=O) groups is 1. The highest BCUT2D eigenvalue weighted by atomic mass is 32.1. The number of nitrogens with one attached hydrogen (secondary N) is 1. The summed E-state index contributed by atoms with van der Waals surface area (Å²) in [6.45, 7) is 3.23. The standard InChI is InChI=1S/C19H21N5O2S/c1-3-14-21-17-15(18(26)23(14)2)22-19(27-17)24-10-9-13(24)16(25)20-11-12-7-5-4-6-8-12/h4-8,13H,3,9-11H2,1-2H3,(H,20,25)/t13-/m1/s1. The van der Waals surface area contributed by atoms with Crippen LogP contribution in [0.2, 0.25) is 0 Å². The molecule has 1 aliphatic heterocycles. The van der Waals surface area contributed by atoms with Gasteiger partial charge >= 0.3 is 0 Å². The van der Waals surface area contributed by atoms with Crippen molar-refractivity contribution < 1.29 is 4.79 Å². The van der Waals surface area contributed by atoms with Gasteiger partial charge < -0.3 is 10.2 Å². The van der Waals surface area contributed by atoms with Crippen molar-refractivity contribution in [1.82, 2.24) is 19.9 Å². The molecule has 0 spiro atoms. The van der Waals surface area contributed by atoms with E-state index in [-0.39, 0.29) is 17.5 Å². The fraction of sp³-hybridized carbons (Fsp3) is 0.368. The Hall–Kier alpha value is -2.74. The van der Waals surface area contributed by atoms with Gasteiger partial charge in [0.15, 0.2) is 15.5 Å². The monoisotopic (exact) mass is 383 g/mol. The van der Waals surface area contributed by atoms with E-state index < -0.39 is 0 Å². The lowest BCUT2D eigenvalue weighted by atomic mass is 10.0. The van der Waals surface area contributed by atoms with Crippen molar-refractivity contribution in [2.45, 2.75) is 32.4 Å². The zero-order valence-corrected chi connectivity index (χ0v) is 16.1. The lowest BCUT2D eigenvalue weighted by molar-refractivity contribution is -0.123. The predicted molar refractivity (Wildman–Crippen MR) is 106 cm³/mol. The van der Waals surface area contributed by atoms with Crippen LogP contribution >= 0.6 is 11.3 Å². The van der Waals surface area contributed by atoms with Crippen molar-refractivity contribution in [3.8, 4) is 0 Å². The first-order valence-corrected chi connectivity index (χ1v) is 9.85. The van der Waals surface area contributed by atoms with E-state index in [9.17, 15) is 9.59 Å². The number of rotatable bonds is 5. The van der Waals surface area contributed by atoms with E-state index in [4.69, 9.17) is 0 Å². The molecule has 1 amide bonds. The molecule has 3 aromatic rings. The number of hydrogen-bond acceptors (Lipinski definition) is 6. The van der Waals surface area contributed by atoms with Crippen LogP contribution in [0.1, 0.15) is 24.7 Å². The van der Waals surface area contributed by atoms with Crippen molar-refractivity contribution in [3.63, 3.8) is 0 Å². The molecule has 27 heavy (non-hydrogen) atoms. The zero-order valence-electron chi connectivity index (χ0n) is 15.3. The lowest BCUT2D eigenvalue weighted by Crippen LogP contribution is -2.56. The highest BCUT2D eigenvalue weighted by Crippen LogP contribution is 2.32. The minimum Gasteiger partial charge on any atom is -0.350 e. The number of amides is 1. The van der Waals surface area contributed by atoms with Crippen LogP contribution in [0.3, 0.4) is 0 Å². The van der Waals surface area contributed by atoms with Crippen molar-refractivity contribution in [1.29, 1.82) is 0 Å². The summed E-state index contributed by atoms with van der Waals surface area (Å²) >= 11 is 1.38. The molecule has 1 aromatic carbocycles. The molecule has 1 atom stereocenters. The second-order valence-corrected chi connectivity index (χ2v) is 7.55. The molecule has 140 valence electrons. The van der Waals surface area contributed by atoms with Crippen LogP contribution in [-0.4, -0.2) is 33.0 Å². The highest BCUT2D eigenvalue weighted by Gasteiger charge is 2.36. The van der Waals surface area contributed by atoms with E-state index in [2.05, 4.69) is 15.3 Å². The molecular formula is C19H21N5O2S. The summed E-state index contributed by atoms with van der Waals surface area (Å²) in [6.07, 6.45) is 1.46. The van der Waals surface area contributed by atoms with Gasteiger partial charge in [0, 0.05) is 26.6 Å². The Morgan fingerprint density at radius 3 is 2.74 bits per heavy atom. The number of carbonyl (C=O) groups excluding carboxylic acids is 1. The first-order chi connectivity index (χ1) is 13.1. The molecule has 1 fully saturated rings. The fourth-order valence-electron chi connectivity index (χ4n) is 3.22. The van der Waals surface area contributed by atoms with E-state index in [1.54, 1.807) is 11.6 Å². The summed E-state index contributed by atoms with van der Waals surface area (Å²) in [5.41, 5.74) is 1.31. The van der Waals surface area contributed by atoms with Crippen molar-refractivity contribution in [3.05, 3.63) is 52.1 Å². The van der Waals surface area contributed by atoms with Crippen LogP contribution in [0.4, 0.5) is 5.13 Å². The number of benzene rings is 1. The molecular weight excluding hydrogens is 362 g/mol. The lowest BCUT2D eigenvalue weighted by Gasteiger charge is -2.39. The van der Waals surface area contributed by atoms with Crippen LogP contribution in [0.15, 0.2) is 35.1 Å². The topological polar surface area (TPSA) is 80.1 Å². The molecule has 0 unspecified atom stereocenters. The quantitative estimate of drug-likeness (QED) is 0.727. The Morgan fingerprint density at radius 1 is 1.30 bits per heavy atom. The molecule has 2 aromatic heterocycles. The van der Waals surface area contributed by atoms with E-state index in [0.717, 1.165) is 24.4 Å². The highest BCUT2D eigenvalue weighted by molar-refractivity contribution is 7.21. The molecule has 0 saturated carbocycles. The largest absolute Gasteiger partial charge is 0.350 e. The van der Waals surface area contributed by atoms with E-state index in [1.807, 2.05) is 42.2 Å². The van der Waals surface area contributed by atoms with E-state index in [0.29, 0.717) is 28.4 Å². The van der Waals surface area contributed by atoms with E-state index in [1.165, 1.54) is 11.3 Å². The third-order valence-corrected chi connectivity index (χ3v) is 5.90. The van der Waals surface area contributed by atoms with E-state index >= 15 is 0 Å². The Labute approximate surface area is 160 Å². The predicted octanol–water partition coefficient (Wildman–Crippen LogP) is 1.85. The first kappa shape index (κ1) is 17.7. The Morgan fingerprint density at radius 2 is 2.07 bits per heavy atom. The summed E-state index contributed by atoms with van der Waals surface area (Å²) in [5.74, 6) is 0.725. The molecule has 4 rings (SSSR count). The first-order valence-electron chi connectivity index (χ1n) is 9.03. The van der Waals surface area contributed by atoms with Gasteiger partial charge in [0.2, 0.25) is 5.91 Å². The number of fused-ring (bicyclic) bond motifs is 1. The maximum atomic E-state index is 12.6. The van der Waals surface area contributed by atoms with Crippen LogP contribution in [0.5, 0.6) is 0 Å². The summed E-state index contributed by atoms with van der Waals surface area (Å²) < 4.78 is 1.55. The average molecular weight is 383 g/mol. The van der Waals surface area contributed by atoms with Gasteiger partial charge in [-0.15, -0.1) is 0 Å². The van der Waals surface area contributed by atoms with Crippen molar-refractivity contribution >= 4 is 32.7 Å². The summed E-state index contributed by atoms with van der Waals surface area (Å²) in [4.78, 5) is 36.7. The number of nitrogens with zero attached hydrogens (tertiary/aromatic N) is 4. The van der Waals surface area contributed by atoms with Gasteiger partial charge in [-0.1, -0.05) is 48.6 Å². The molecule has 1 saturated heterocycles. The SMILES string of the molecule is CCc1nc2sc(N3CC[C@@H]3C(=O)NCc3ccccc3)nc2c(=O)n1C. The molecule has 1 aliphatic rings. The van der Waals surface area contributed by atoms with Gasteiger partial charge in [-0.3, -0.25) is 14.2 Å². The molecule has 0 aliphatic carbocycles. The Balaban J connectivity index is 1.52. The fourth-order valence-corrected chi connectivity index (χ4v) is 4.24. The van der Waals surface area contributed by atoms with Gasteiger partial charge in [-0.25, -0.2) is 9.97 Å². The van der Waals surface area contributed by atoms with Gasteiger partial charge in [0.1, 0.15) is 11.9 Å². The minimum atomic E-state index is -0.247. The van der Waals surface area contributed by atoms with Gasteiger partial charge in [0.25, 0.3) is 5.56 Å². The minimum absolute atomic E-state index is 0.0144. The molecule has 0 radical (unpaired) electrons. The average Bonchev–Trinajstić information content (AvgIpc) is 3.06. The zero-order chi connectivity index (χ0) is 19.0. The maximum absolute atomic E-state index is 12.6. The maximum Gasteiger partial charge on any atom is 0.280 e. The summed E-state index contributed by atoms with van der Waals surface area (Å²) in [5, 5.41) is 3.68. The van der Waals surface area contributed by atoms with Gasteiger partial charge in [0.05, 0.1) is 0 Å². The van der Waals surface area contributed by atoms with Crippen LogP contribution in [0, 0.1) is 0 Å². The van der Waals surface area contributed by atoms with Crippen molar-refractivity contribution in [2.75, 3.05) is 11.4 Å². The van der Waals surface area contributed by atoms with Gasteiger partial charge in [-0.2, -0.15) is 0 Å². The number of aryl methyl sites for hydroxylation is 1. The smallest absolute Gasteiger partial charge is 0.280 e. The third kappa shape index (κ3) is 3.21. The number of thiazole rings is 1. The van der Waals surface area contributed by atoms with Gasteiger partial charge in [-0.05, 0) is 12.0 Å². The second-order valence-electron chi connectivity index (χ2n) is 6.60. The number of aromatic nitrogens is 3. The van der Waals surface area contributed by atoms with Crippen molar-refractivity contribution in [2.24, 2.45) is 7.05 Å². The third-order valence-electron chi connectivity index (χ3n) is 4.92. The molecule has 7 nitrogen and oxygen atoms in total. The normalized spacial score (nSPS) is 16.4. The summed E-state index contributed by atoms with van der Waals surface area (Å²) in [7, 11) is 1.72. The molecule has 1 N–H and O–H groups in total. The molecule has 0 bridgehead atoms. The molecule has 8 heteroatoms. The Bertz CT molecular complexity index is 1040. The van der Waals surface area contributed by atoms with Crippen LogP contribution in [0.25, 0.3) is 10.3 Å². The second kappa shape index (κ2) is 7.11. The van der Waals surface area contributed by atoms with Crippen LogP contribution in [-0.2, 0) is 24.8 Å². The van der Waals surface area contributed by atoms with Crippen LogP contribution < -0.4 is 15.8 Å². The number of anilines is 1. The number of hydrogen-bond donors (Lipinski definition) is 1.